The Balaban J connectivity index is 2.50. The minimum Gasteiger partial charge on any atom is -0.263 e. The number of unbranched alkanes of at least 4 members (excludes halogenated alkanes) is 12. The zero-order valence-electron chi connectivity index (χ0n) is 22.4. The van der Waals surface area contributed by atoms with Crippen LogP contribution in [0.2, 0.25) is 0 Å². The number of aryl methyl sites for hydroxylation is 2. The maximum atomic E-state index is 14.3. The van der Waals surface area contributed by atoms with Gasteiger partial charge in [0.15, 0.2) is 0 Å². The Labute approximate surface area is 210 Å². The van der Waals surface area contributed by atoms with Gasteiger partial charge >= 0.3 is 0 Å². The highest BCUT2D eigenvalue weighted by Gasteiger charge is 2.24. The molecule has 0 aliphatic heterocycles. The van der Waals surface area contributed by atoms with Gasteiger partial charge in [0.05, 0.1) is 11.0 Å². The smallest absolute Gasteiger partial charge is 0.263 e. The Morgan fingerprint density at radius 1 is 0.824 bits per heavy atom. The van der Waals surface area contributed by atoms with Crippen LogP contribution in [0.25, 0.3) is 0 Å². The van der Waals surface area contributed by atoms with E-state index in [4.69, 9.17) is 4.18 Å². The summed E-state index contributed by atoms with van der Waals surface area (Å²) in [7, 11) is -3.91. The van der Waals surface area contributed by atoms with Crippen LogP contribution in [0.15, 0.2) is 23.1 Å². The first-order valence-electron chi connectivity index (χ1n) is 14.0. The first-order valence-corrected chi connectivity index (χ1v) is 15.4. The topological polar surface area (TPSA) is 43.4 Å². The third-order valence-corrected chi connectivity index (χ3v) is 8.05. The lowest BCUT2D eigenvalue weighted by Crippen LogP contribution is -2.20. The molecule has 0 bridgehead atoms. The molecular weight excluding hydrogens is 447 g/mol. The van der Waals surface area contributed by atoms with Crippen LogP contribution in [-0.2, 0) is 20.7 Å². The van der Waals surface area contributed by atoms with Crippen molar-refractivity contribution in [2.75, 3.05) is 0 Å². The molecule has 34 heavy (non-hydrogen) atoms. The van der Waals surface area contributed by atoms with E-state index < -0.39 is 22.4 Å². The van der Waals surface area contributed by atoms with Crippen LogP contribution in [0.1, 0.15) is 135 Å². The summed E-state index contributed by atoms with van der Waals surface area (Å²) in [6.45, 7) is 8.01. The second-order valence-electron chi connectivity index (χ2n) is 10.1. The summed E-state index contributed by atoms with van der Waals surface area (Å²) in [5.74, 6) is 0. The molecule has 1 aromatic carbocycles. The van der Waals surface area contributed by atoms with Crippen LogP contribution in [0.3, 0.4) is 0 Å². The van der Waals surface area contributed by atoms with Crippen molar-refractivity contribution in [3.05, 3.63) is 29.3 Å². The Kier molecular flexibility index (Phi) is 16.8. The zero-order valence-corrected chi connectivity index (χ0v) is 23.2. The lowest BCUT2D eigenvalue weighted by molar-refractivity contribution is 0.162. The molecule has 0 aromatic heterocycles. The Bertz CT molecular complexity index is 748. The fourth-order valence-electron chi connectivity index (χ4n) is 4.53. The van der Waals surface area contributed by atoms with E-state index in [0.717, 1.165) is 56.1 Å². The van der Waals surface area contributed by atoms with E-state index >= 15 is 0 Å². The molecule has 0 N–H and O–H groups in total. The largest absolute Gasteiger partial charge is 0.297 e. The van der Waals surface area contributed by atoms with Crippen LogP contribution in [-0.4, -0.2) is 20.7 Å². The minimum atomic E-state index is -3.91. The third kappa shape index (κ3) is 13.8. The van der Waals surface area contributed by atoms with E-state index in [9.17, 15) is 12.8 Å². The Morgan fingerprint density at radius 2 is 1.35 bits per heavy atom. The van der Waals surface area contributed by atoms with E-state index in [0.29, 0.717) is 6.42 Å². The fourth-order valence-corrected chi connectivity index (χ4v) is 5.86. The maximum Gasteiger partial charge on any atom is 0.297 e. The summed E-state index contributed by atoms with van der Waals surface area (Å²) in [6.07, 6.45) is 16.2. The van der Waals surface area contributed by atoms with Gasteiger partial charge in [-0.1, -0.05) is 115 Å². The van der Waals surface area contributed by atoms with Gasteiger partial charge in [0, 0.05) is 6.42 Å². The predicted molar refractivity (Wildman–Crippen MR) is 143 cm³/mol. The number of benzene rings is 1. The van der Waals surface area contributed by atoms with Gasteiger partial charge in [0.1, 0.15) is 6.17 Å². The van der Waals surface area contributed by atoms with E-state index in [1.165, 1.54) is 51.4 Å². The molecule has 0 aliphatic carbocycles. The number of hydrogen-bond acceptors (Lipinski definition) is 3. The molecule has 198 valence electrons. The van der Waals surface area contributed by atoms with Crippen molar-refractivity contribution in [2.45, 2.75) is 154 Å². The molecule has 0 heterocycles. The summed E-state index contributed by atoms with van der Waals surface area (Å²) in [5, 5.41) is 0. The predicted octanol–water partition coefficient (Wildman–Crippen LogP) is 9.25. The molecule has 2 atom stereocenters. The lowest BCUT2D eigenvalue weighted by atomic mass is 10.0. The SMILES string of the molecule is CCCCCCCCCCCCc1cc(C)ccc1S(=O)(=O)OC(C)CC(F)CCCCCC. The van der Waals surface area contributed by atoms with Gasteiger partial charge in [-0.3, -0.25) is 4.18 Å². The van der Waals surface area contributed by atoms with E-state index in [1.807, 2.05) is 19.1 Å². The van der Waals surface area contributed by atoms with Gasteiger partial charge < -0.3 is 0 Å². The highest BCUT2D eigenvalue weighted by Crippen LogP contribution is 2.25. The number of hydrogen-bond donors (Lipinski definition) is 0. The molecule has 0 aliphatic rings. The maximum absolute atomic E-state index is 14.3. The molecular formula is C29H51FO3S. The van der Waals surface area contributed by atoms with Crippen LogP contribution < -0.4 is 0 Å². The highest BCUT2D eigenvalue weighted by molar-refractivity contribution is 7.86. The van der Waals surface area contributed by atoms with Gasteiger partial charge in [-0.2, -0.15) is 8.42 Å². The minimum absolute atomic E-state index is 0.116. The lowest BCUT2D eigenvalue weighted by Gasteiger charge is -2.17. The zero-order chi connectivity index (χ0) is 25.2. The van der Waals surface area contributed by atoms with E-state index in [2.05, 4.69) is 13.8 Å². The molecule has 1 aromatic rings. The monoisotopic (exact) mass is 498 g/mol. The molecule has 1 rings (SSSR count). The molecule has 0 saturated carbocycles. The summed E-state index contributed by atoms with van der Waals surface area (Å²) in [4.78, 5) is 0.249. The van der Waals surface area contributed by atoms with E-state index in [1.54, 1.807) is 13.0 Å². The normalized spacial score (nSPS) is 13.8. The molecule has 0 saturated heterocycles. The van der Waals surface area contributed by atoms with Gasteiger partial charge in [-0.25, -0.2) is 4.39 Å². The van der Waals surface area contributed by atoms with Crippen molar-refractivity contribution in [2.24, 2.45) is 0 Å². The molecule has 2 unspecified atom stereocenters. The molecule has 3 nitrogen and oxygen atoms in total. The summed E-state index contributed by atoms with van der Waals surface area (Å²) in [6, 6.07) is 5.43. The number of halogens is 1. The highest BCUT2D eigenvalue weighted by atomic mass is 32.2. The van der Waals surface area contributed by atoms with Crippen LogP contribution in [0.5, 0.6) is 0 Å². The van der Waals surface area contributed by atoms with E-state index in [-0.39, 0.29) is 11.3 Å². The number of rotatable bonds is 21. The second kappa shape index (κ2) is 18.3. The van der Waals surface area contributed by atoms with Crippen molar-refractivity contribution >= 4 is 10.1 Å². The van der Waals surface area contributed by atoms with Gasteiger partial charge in [-0.15, -0.1) is 0 Å². The van der Waals surface area contributed by atoms with Gasteiger partial charge in [0.2, 0.25) is 0 Å². The van der Waals surface area contributed by atoms with Gasteiger partial charge in [0.25, 0.3) is 10.1 Å². The summed E-state index contributed by atoms with van der Waals surface area (Å²) < 4.78 is 45.7. The molecule has 5 heteroatoms. The number of alkyl halides is 1. The van der Waals surface area contributed by atoms with Crippen molar-refractivity contribution in [1.29, 1.82) is 0 Å². The molecule has 0 radical (unpaired) electrons. The average molecular weight is 499 g/mol. The fraction of sp³-hybridized carbons (Fsp3) is 0.793. The van der Waals surface area contributed by atoms with Crippen LogP contribution in [0.4, 0.5) is 4.39 Å². The standard InChI is InChI=1S/C29H51FO3S/c1-5-7-9-11-12-13-14-15-16-17-19-27-23-25(3)21-22-29(27)34(31,32)33-26(4)24-28(30)20-18-10-8-6-2/h21-23,26,28H,5-20,24H2,1-4H3. The first kappa shape index (κ1) is 31.1. The van der Waals surface area contributed by atoms with Crippen LogP contribution >= 0.6 is 0 Å². The molecule has 0 spiro atoms. The Morgan fingerprint density at radius 3 is 1.94 bits per heavy atom. The second-order valence-corrected chi connectivity index (χ2v) is 11.6. The van der Waals surface area contributed by atoms with Crippen molar-refractivity contribution in [3.8, 4) is 0 Å². The molecule has 0 amide bonds. The van der Waals surface area contributed by atoms with Crippen molar-refractivity contribution < 1.29 is 17.0 Å². The quantitative estimate of drug-likeness (QED) is 0.125. The van der Waals surface area contributed by atoms with Crippen molar-refractivity contribution in [3.63, 3.8) is 0 Å². The third-order valence-electron chi connectivity index (χ3n) is 6.53. The summed E-state index contributed by atoms with van der Waals surface area (Å²) >= 11 is 0. The van der Waals surface area contributed by atoms with Gasteiger partial charge in [-0.05, 0) is 44.7 Å². The van der Waals surface area contributed by atoms with Crippen molar-refractivity contribution in [1.82, 2.24) is 0 Å². The first-order chi connectivity index (χ1) is 16.3. The summed E-state index contributed by atoms with van der Waals surface area (Å²) in [5.41, 5.74) is 1.87. The average Bonchev–Trinajstić information content (AvgIpc) is 2.77. The van der Waals surface area contributed by atoms with Crippen LogP contribution in [0, 0.1) is 6.92 Å². The molecule has 0 fully saturated rings. The Hall–Kier alpha value is -0.940.